The van der Waals surface area contributed by atoms with Gasteiger partial charge >= 0.3 is 0 Å². The molecule has 2 heterocycles. The van der Waals surface area contributed by atoms with Gasteiger partial charge < -0.3 is 15.2 Å². The first-order valence-corrected chi connectivity index (χ1v) is 6.32. The van der Waals surface area contributed by atoms with Crippen molar-refractivity contribution in [3.8, 4) is 0 Å². The zero-order chi connectivity index (χ0) is 12.3. The van der Waals surface area contributed by atoms with Crippen molar-refractivity contribution >= 4 is 5.91 Å². The molecule has 1 saturated heterocycles. The smallest absolute Gasteiger partial charge is 0.267 e. The zero-order valence-corrected chi connectivity index (χ0v) is 10.6. The average molecular weight is 235 g/mol. The average Bonchev–Trinajstić information content (AvgIpc) is 2.91. The van der Waals surface area contributed by atoms with Crippen LogP contribution in [-0.4, -0.2) is 29.6 Å². The van der Waals surface area contributed by atoms with Gasteiger partial charge in [0, 0.05) is 25.3 Å². The van der Waals surface area contributed by atoms with Crippen molar-refractivity contribution < 1.29 is 4.79 Å². The van der Waals surface area contributed by atoms with Gasteiger partial charge in [0.1, 0.15) is 5.69 Å². The number of rotatable bonds is 4. The maximum absolute atomic E-state index is 11.9. The maximum atomic E-state index is 11.9. The summed E-state index contributed by atoms with van der Waals surface area (Å²) in [6.45, 7) is 3.87. The topological polar surface area (TPSA) is 46.1 Å². The molecule has 1 aliphatic rings. The molecule has 94 valence electrons. The lowest BCUT2D eigenvalue weighted by atomic mass is 10.1. The Hall–Kier alpha value is -1.29. The molecule has 1 atom stereocenters. The van der Waals surface area contributed by atoms with Crippen molar-refractivity contribution in [1.82, 2.24) is 15.2 Å². The SMILES string of the molecule is Cc1ccc(C(=O)NCC[C@H]2CCCN2)n1C. The molecule has 2 rings (SSSR count). The Morgan fingerprint density at radius 3 is 3.00 bits per heavy atom. The van der Waals surface area contributed by atoms with Gasteiger partial charge in [-0.15, -0.1) is 0 Å². The van der Waals surface area contributed by atoms with Crippen LogP contribution in [0.2, 0.25) is 0 Å². The van der Waals surface area contributed by atoms with Crippen molar-refractivity contribution in [2.75, 3.05) is 13.1 Å². The monoisotopic (exact) mass is 235 g/mol. The van der Waals surface area contributed by atoms with E-state index in [9.17, 15) is 4.79 Å². The van der Waals surface area contributed by atoms with Crippen molar-refractivity contribution in [3.05, 3.63) is 23.5 Å². The van der Waals surface area contributed by atoms with Gasteiger partial charge in [0.2, 0.25) is 0 Å². The molecule has 0 unspecified atom stereocenters. The summed E-state index contributed by atoms with van der Waals surface area (Å²) < 4.78 is 1.92. The minimum Gasteiger partial charge on any atom is -0.351 e. The quantitative estimate of drug-likeness (QED) is 0.824. The Kier molecular flexibility index (Phi) is 3.84. The Morgan fingerprint density at radius 2 is 2.41 bits per heavy atom. The van der Waals surface area contributed by atoms with Gasteiger partial charge in [-0.2, -0.15) is 0 Å². The lowest BCUT2D eigenvalue weighted by Gasteiger charge is -2.11. The minimum atomic E-state index is 0.0265. The summed E-state index contributed by atoms with van der Waals surface area (Å²) >= 11 is 0. The molecule has 0 aliphatic carbocycles. The molecule has 1 aromatic heterocycles. The molecule has 0 bridgehead atoms. The number of aryl methyl sites for hydroxylation is 1. The van der Waals surface area contributed by atoms with E-state index in [0.29, 0.717) is 6.04 Å². The fraction of sp³-hybridized carbons (Fsp3) is 0.615. The molecular formula is C13H21N3O. The highest BCUT2D eigenvalue weighted by atomic mass is 16.1. The van der Waals surface area contributed by atoms with Crippen molar-refractivity contribution in [2.45, 2.75) is 32.2 Å². The number of hydrogen-bond acceptors (Lipinski definition) is 2. The third-order valence-electron chi connectivity index (χ3n) is 3.55. The van der Waals surface area contributed by atoms with Crippen molar-refractivity contribution in [3.63, 3.8) is 0 Å². The van der Waals surface area contributed by atoms with Gasteiger partial charge in [-0.1, -0.05) is 0 Å². The van der Waals surface area contributed by atoms with Crippen LogP contribution >= 0.6 is 0 Å². The second-order valence-electron chi connectivity index (χ2n) is 4.76. The molecule has 1 aromatic rings. The summed E-state index contributed by atoms with van der Waals surface area (Å²) in [5.41, 5.74) is 1.84. The second-order valence-corrected chi connectivity index (χ2v) is 4.76. The molecule has 4 heteroatoms. The molecule has 2 N–H and O–H groups in total. The van der Waals surface area contributed by atoms with Gasteiger partial charge in [0.05, 0.1) is 0 Å². The highest BCUT2D eigenvalue weighted by Gasteiger charge is 2.15. The number of nitrogens with zero attached hydrogens (tertiary/aromatic N) is 1. The number of aromatic nitrogens is 1. The number of hydrogen-bond donors (Lipinski definition) is 2. The molecule has 1 fully saturated rings. The Morgan fingerprint density at radius 1 is 1.59 bits per heavy atom. The lowest BCUT2D eigenvalue weighted by molar-refractivity contribution is 0.0944. The van der Waals surface area contributed by atoms with Crippen LogP contribution in [0.4, 0.5) is 0 Å². The zero-order valence-electron chi connectivity index (χ0n) is 10.6. The highest BCUT2D eigenvalue weighted by Crippen LogP contribution is 2.08. The van der Waals surface area contributed by atoms with Crippen LogP contribution in [0.5, 0.6) is 0 Å². The summed E-state index contributed by atoms with van der Waals surface area (Å²) in [7, 11) is 1.92. The van der Waals surface area contributed by atoms with Gasteiger partial charge in [-0.3, -0.25) is 4.79 Å². The fourth-order valence-corrected chi connectivity index (χ4v) is 2.29. The van der Waals surface area contributed by atoms with E-state index in [4.69, 9.17) is 0 Å². The van der Waals surface area contributed by atoms with Crippen LogP contribution < -0.4 is 10.6 Å². The predicted octanol–water partition coefficient (Wildman–Crippen LogP) is 1.21. The molecule has 1 aliphatic heterocycles. The van der Waals surface area contributed by atoms with Crippen LogP contribution in [0.25, 0.3) is 0 Å². The van der Waals surface area contributed by atoms with Crippen LogP contribution in [-0.2, 0) is 7.05 Å². The van der Waals surface area contributed by atoms with Crippen molar-refractivity contribution in [2.24, 2.45) is 7.05 Å². The number of nitrogens with one attached hydrogen (secondary N) is 2. The van der Waals surface area contributed by atoms with E-state index in [-0.39, 0.29) is 5.91 Å². The van der Waals surface area contributed by atoms with Gasteiger partial charge in [-0.05, 0) is 44.9 Å². The van der Waals surface area contributed by atoms with Crippen LogP contribution in [0.15, 0.2) is 12.1 Å². The van der Waals surface area contributed by atoms with Gasteiger partial charge in [-0.25, -0.2) is 0 Å². The van der Waals surface area contributed by atoms with Gasteiger partial charge in [0.25, 0.3) is 5.91 Å². The summed E-state index contributed by atoms with van der Waals surface area (Å²) in [4.78, 5) is 11.9. The van der Waals surface area contributed by atoms with E-state index in [1.54, 1.807) is 0 Å². The summed E-state index contributed by atoms with van der Waals surface area (Å²) in [5, 5.41) is 6.41. The van der Waals surface area contributed by atoms with Crippen LogP contribution in [0.1, 0.15) is 35.4 Å². The molecule has 0 radical (unpaired) electrons. The summed E-state index contributed by atoms with van der Waals surface area (Å²) in [6, 6.07) is 4.43. The van der Waals surface area contributed by atoms with E-state index in [0.717, 1.165) is 30.9 Å². The third kappa shape index (κ3) is 2.88. The van der Waals surface area contributed by atoms with E-state index >= 15 is 0 Å². The molecule has 1 amide bonds. The molecule has 17 heavy (non-hydrogen) atoms. The first kappa shape index (κ1) is 12.2. The van der Waals surface area contributed by atoms with Crippen molar-refractivity contribution in [1.29, 1.82) is 0 Å². The van der Waals surface area contributed by atoms with Crippen LogP contribution in [0, 0.1) is 6.92 Å². The first-order chi connectivity index (χ1) is 8.18. The largest absolute Gasteiger partial charge is 0.351 e. The van der Waals surface area contributed by atoms with E-state index in [1.807, 2.05) is 30.7 Å². The van der Waals surface area contributed by atoms with Crippen LogP contribution in [0.3, 0.4) is 0 Å². The minimum absolute atomic E-state index is 0.0265. The normalized spacial score (nSPS) is 19.5. The first-order valence-electron chi connectivity index (χ1n) is 6.32. The number of carbonyl (C=O) groups is 1. The van der Waals surface area contributed by atoms with E-state index in [2.05, 4.69) is 10.6 Å². The molecular weight excluding hydrogens is 214 g/mol. The lowest BCUT2D eigenvalue weighted by Crippen LogP contribution is -2.31. The Balaban J connectivity index is 1.79. The maximum Gasteiger partial charge on any atom is 0.267 e. The molecule has 0 spiro atoms. The van der Waals surface area contributed by atoms with E-state index < -0.39 is 0 Å². The summed E-state index contributed by atoms with van der Waals surface area (Å²) in [6.07, 6.45) is 3.52. The third-order valence-corrected chi connectivity index (χ3v) is 3.55. The molecule has 0 saturated carbocycles. The Bertz CT molecular complexity index is 391. The fourth-order valence-electron chi connectivity index (χ4n) is 2.29. The molecule has 4 nitrogen and oxygen atoms in total. The Labute approximate surface area is 102 Å². The molecule has 0 aromatic carbocycles. The van der Waals surface area contributed by atoms with Gasteiger partial charge in [0.15, 0.2) is 0 Å². The number of amides is 1. The number of carbonyl (C=O) groups excluding carboxylic acids is 1. The standard InChI is InChI=1S/C13H21N3O/c1-10-5-6-12(16(10)2)13(17)15-9-7-11-4-3-8-14-11/h5-6,11,14H,3-4,7-9H2,1-2H3,(H,15,17)/t11-/m1/s1. The highest BCUT2D eigenvalue weighted by molar-refractivity contribution is 5.92. The second kappa shape index (κ2) is 5.36. The predicted molar refractivity (Wildman–Crippen MR) is 68.1 cm³/mol. The summed E-state index contributed by atoms with van der Waals surface area (Å²) in [5.74, 6) is 0.0265. The van der Waals surface area contributed by atoms with E-state index in [1.165, 1.54) is 12.8 Å².